The fraction of sp³-hybridized carbons (Fsp3) is 0.500. The summed E-state index contributed by atoms with van der Waals surface area (Å²) < 4.78 is 5.09. The smallest absolute Gasteiger partial charge is 0.138 e. The molecule has 0 radical (unpaired) electrons. The summed E-state index contributed by atoms with van der Waals surface area (Å²) in [6, 6.07) is 3.53. The van der Waals surface area contributed by atoms with Gasteiger partial charge >= 0.3 is 0 Å². The maximum Gasteiger partial charge on any atom is 0.138 e. The van der Waals surface area contributed by atoms with Crippen LogP contribution in [0.4, 0.5) is 0 Å². The fourth-order valence-corrected chi connectivity index (χ4v) is 2.74. The van der Waals surface area contributed by atoms with Gasteiger partial charge in [0.25, 0.3) is 0 Å². The predicted molar refractivity (Wildman–Crippen MR) is 68.9 cm³/mol. The molecule has 0 saturated heterocycles. The van der Waals surface area contributed by atoms with Crippen LogP contribution in [0.3, 0.4) is 0 Å². The molecule has 0 spiro atoms. The molecule has 0 heterocycles. The monoisotopic (exact) mass is 278 g/mol. The van der Waals surface area contributed by atoms with Gasteiger partial charge in [-0.2, -0.15) is 0 Å². The molecule has 1 saturated carbocycles. The lowest BCUT2D eigenvalue weighted by Crippen LogP contribution is -1.95. The summed E-state index contributed by atoms with van der Waals surface area (Å²) in [4.78, 5) is 0. The van der Waals surface area contributed by atoms with Gasteiger partial charge in [0.2, 0.25) is 0 Å². The fourth-order valence-electron chi connectivity index (χ4n) is 1.71. The topological polar surface area (TPSA) is 9.23 Å². The minimum Gasteiger partial charge on any atom is -0.495 e. The second-order valence-corrected chi connectivity index (χ2v) is 5.50. The van der Waals surface area contributed by atoms with E-state index >= 15 is 0 Å². The SMILES string of the molecule is COc1cc(Cl)c(C(Cl)CC2CC2)cc1Cl. The van der Waals surface area contributed by atoms with Crippen LogP contribution in [-0.2, 0) is 0 Å². The van der Waals surface area contributed by atoms with E-state index in [2.05, 4.69) is 0 Å². The van der Waals surface area contributed by atoms with Crippen molar-refractivity contribution in [2.75, 3.05) is 7.11 Å². The summed E-state index contributed by atoms with van der Waals surface area (Å²) in [7, 11) is 1.57. The molecule has 1 unspecified atom stereocenters. The molecule has 4 heteroatoms. The molecule has 0 N–H and O–H groups in total. The Labute approximate surface area is 111 Å². The Morgan fingerprint density at radius 2 is 2.00 bits per heavy atom. The lowest BCUT2D eigenvalue weighted by atomic mass is 10.1. The van der Waals surface area contributed by atoms with Gasteiger partial charge in [-0.15, -0.1) is 11.6 Å². The molecule has 1 aromatic rings. The van der Waals surface area contributed by atoms with Gasteiger partial charge in [0.1, 0.15) is 5.75 Å². The zero-order valence-corrected chi connectivity index (χ0v) is 11.2. The van der Waals surface area contributed by atoms with Crippen molar-refractivity contribution in [1.82, 2.24) is 0 Å². The highest BCUT2D eigenvalue weighted by Gasteiger charge is 2.26. The molecular weight excluding hydrogens is 266 g/mol. The Morgan fingerprint density at radius 1 is 1.31 bits per heavy atom. The maximum atomic E-state index is 6.33. The first-order valence-electron chi connectivity index (χ1n) is 5.28. The molecule has 16 heavy (non-hydrogen) atoms. The summed E-state index contributed by atoms with van der Waals surface area (Å²) in [6.07, 6.45) is 3.54. The van der Waals surface area contributed by atoms with E-state index in [4.69, 9.17) is 39.5 Å². The number of halogens is 3. The molecule has 1 aliphatic rings. The molecule has 1 atom stereocenters. The van der Waals surface area contributed by atoms with Crippen molar-refractivity contribution in [3.63, 3.8) is 0 Å². The van der Waals surface area contributed by atoms with Crippen LogP contribution < -0.4 is 4.74 Å². The number of benzene rings is 1. The molecular formula is C12H13Cl3O. The molecule has 1 fully saturated rings. The first kappa shape index (κ1) is 12.3. The lowest BCUT2D eigenvalue weighted by molar-refractivity contribution is 0.415. The van der Waals surface area contributed by atoms with Crippen LogP contribution in [0.15, 0.2) is 12.1 Å². The van der Waals surface area contributed by atoms with Gasteiger partial charge in [-0.05, 0) is 24.0 Å². The maximum absolute atomic E-state index is 6.33. The number of hydrogen-bond donors (Lipinski definition) is 0. The van der Waals surface area contributed by atoms with Crippen molar-refractivity contribution in [2.24, 2.45) is 5.92 Å². The van der Waals surface area contributed by atoms with Crippen molar-refractivity contribution < 1.29 is 4.74 Å². The molecule has 1 aromatic carbocycles. The Balaban J connectivity index is 2.21. The molecule has 0 bridgehead atoms. The molecule has 0 aliphatic heterocycles. The quantitative estimate of drug-likeness (QED) is 0.698. The highest BCUT2D eigenvalue weighted by atomic mass is 35.5. The molecule has 0 amide bonds. The zero-order chi connectivity index (χ0) is 11.7. The number of rotatable bonds is 4. The summed E-state index contributed by atoms with van der Waals surface area (Å²) in [5, 5.41) is 1.13. The van der Waals surface area contributed by atoms with Crippen molar-refractivity contribution in [1.29, 1.82) is 0 Å². The van der Waals surface area contributed by atoms with Gasteiger partial charge in [-0.3, -0.25) is 0 Å². The predicted octanol–water partition coefficient (Wildman–Crippen LogP) is 5.08. The lowest BCUT2D eigenvalue weighted by Gasteiger charge is -2.13. The standard InChI is InChI=1S/C12H13Cl3O/c1-16-12-6-10(14)8(5-11(12)15)9(13)4-7-2-3-7/h5-7,9H,2-4H2,1H3. The van der Waals surface area contributed by atoms with Crippen LogP contribution in [-0.4, -0.2) is 7.11 Å². The van der Waals surface area contributed by atoms with Gasteiger partial charge in [0.15, 0.2) is 0 Å². The second kappa shape index (κ2) is 5.03. The molecule has 1 aliphatic carbocycles. The van der Waals surface area contributed by atoms with E-state index in [0.717, 1.165) is 17.9 Å². The second-order valence-electron chi connectivity index (χ2n) is 4.15. The minimum absolute atomic E-state index is 0.0524. The number of alkyl halides is 1. The average Bonchev–Trinajstić information content (AvgIpc) is 3.04. The Hall–Kier alpha value is -0.110. The number of methoxy groups -OCH3 is 1. The van der Waals surface area contributed by atoms with Crippen molar-refractivity contribution in [3.8, 4) is 5.75 Å². The van der Waals surface area contributed by atoms with Crippen LogP contribution in [0.2, 0.25) is 10.0 Å². The first-order valence-corrected chi connectivity index (χ1v) is 6.48. The van der Waals surface area contributed by atoms with Gasteiger partial charge in [0.05, 0.1) is 17.5 Å². The summed E-state index contributed by atoms with van der Waals surface area (Å²) in [6.45, 7) is 0. The van der Waals surface area contributed by atoms with Crippen LogP contribution in [0, 0.1) is 5.92 Å². The van der Waals surface area contributed by atoms with Crippen molar-refractivity contribution in [3.05, 3.63) is 27.7 Å². The van der Waals surface area contributed by atoms with Crippen molar-refractivity contribution in [2.45, 2.75) is 24.6 Å². The largest absolute Gasteiger partial charge is 0.495 e. The van der Waals surface area contributed by atoms with E-state index in [1.54, 1.807) is 13.2 Å². The molecule has 0 aromatic heterocycles. The molecule has 88 valence electrons. The van der Waals surface area contributed by atoms with Gasteiger partial charge in [-0.25, -0.2) is 0 Å². The van der Waals surface area contributed by atoms with E-state index in [1.165, 1.54) is 12.8 Å². The summed E-state index contributed by atoms with van der Waals surface area (Å²) in [5.41, 5.74) is 0.904. The Kier molecular flexibility index (Phi) is 3.89. The van der Waals surface area contributed by atoms with E-state index in [-0.39, 0.29) is 5.38 Å². The van der Waals surface area contributed by atoms with Crippen molar-refractivity contribution >= 4 is 34.8 Å². The molecule has 2 rings (SSSR count). The van der Waals surface area contributed by atoms with Gasteiger partial charge in [-0.1, -0.05) is 36.0 Å². The van der Waals surface area contributed by atoms with Crippen LogP contribution in [0.25, 0.3) is 0 Å². The normalized spacial score (nSPS) is 17.2. The van der Waals surface area contributed by atoms with E-state index in [0.29, 0.717) is 15.8 Å². The van der Waals surface area contributed by atoms with Gasteiger partial charge < -0.3 is 4.74 Å². The third kappa shape index (κ3) is 2.77. The third-order valence-corrected chi connectivity index (χ3v) is 3.88. The van der Waals surface area contributed by atoms with E-state index < -0.39 is 0 Å². The van der Waals surface area contributed by atoms with Crippen LogP contribution >= 0.6 is 34.8 Å². The van der Waals surface area contributed by atoms with Gasteiger partial charge in [0, 0.05) is 11.1 Å². The van der Waals surface area contributed by atoms with E-state index in [9.17, 15) is 0 Å². The average molecular weight is 280 g/mol. The minimum atomic E-state index is -0.0524. The summed E-state index contributed by atoms with van der Waals surface area (Å²) >= 11 is 18.5. The first-order chi connectivity index (χ1) is 7.61. The highest BCUT2D eigenvalue weighted by molar-refractivity contribution is 6.35. The van der Waals surface area contributed by atoms with Crippen LogP contribution in [0.5, 0.6) is 5.75 Å². The zero-order valence-electron chi connectivity index (χ0n) is 8.97. The number of ether oxygens (including phenoxy) is 1. The Morgan fingerprint density at radius 3 is 2.56 bits per heavy atom. The Bertz CT molecular complexity index is 388. The highest BCUT2D eigenvalue weighted by Crippen LogP contribution is 2.43. The molecule has 1 nitrogen and oxygen atoms in total. The third-order valence-electron chi connectivity index (χ3n) is 2.85. The number of hydrogen-bond acceptors (Lipinski definition) is 1. The summed E-state index contributed by atoms with van der Waals surface area (Å²) in [5.74, 6) is 1.35. The van der Waals surface area contributed by atoms with Crippen LogP contribution in [0.1, 0.15) is 30.2 Å². The van der Waals surface area contributed by atoms with E-state index in [1.807, 2.05) is 6.07 Å².